The number of para-hydroxylation sites is 2. The van der Waals surface area contributed by atoms with Gasteiger partial charge in [-0.15, -0.1) is 0 Å². The Kier molecular flexibility index (Phi) is 16.5. The molecule has 0 unspecified atom stereocenters. The van der Waals surface area contributed by atoms with Gasteiger partial charge in [0, 0.05) is 49.8 Å². The minimum Gasteiger partial charge on any atom is -0.462 e. The molecule has 4 heterocycles. The number of rotatable bonds is 10. The van der Waals surface area contributed by atoms with Crippen LogP contribution in [0.25, 0.3) is 33.3 Å². The van der Waals surface area contributed by atoms with Gasteiger partial charge >= 0.3 is 19.1 Å². The van der Waals surface area contributed by atoms with Gasteiger partial charge in [0.1, 0.15) is 80.5 Å². The highest BCUT2D eigenvalue weighted by atomic mass is 127. The van der Waals surface area contributed by atoms with Gasteiger partial charge in [-0.05, 0) is 104 Å². The Labute approximate surface area is 426 Å². The summed E-state index contributed by atoms with van der Waals surface area (Å²) in [6, 6.07) is 26.7. The number of carbonyl (C=O) groups is 2. The van der Waals surface area contributed by atoms with E-state index >= 15 is 4.39 Å². The molecule has 0 spiro atoms. The van der Waals surface area contributed by atoms with Crippen molar-refractivity contribution >= 4 is 80.8 Å². The summed E-state index contributed by atoms with van der Waals surface area (Å²) in [6.07, 6.45) is 9.38. The van der Waals surface area contributed by atoms with Crippen molar-refractivity contribution in [2.45, 2.75) is 89.5 Å². The topological polar surface area (TPSA) is 251 Å². The highest BCUT2D eigenvalue weighted by Gasteiger charge is 2.31. The van der Waals surface area contributed by atoms with Crippen molar-refractivity contribution in [3.63, 3.8) is 0 Å². The van der Waals surface area contributed by atoms with E-state index in [9.17, 15) is 14.0 Å². The molecule has 0 saturated heterocycles. The molecule has 0 bridgehead atoms. The average molecular weight is 1090 g/mol. The largest absolute Gasteiger partial charge is 0.491 e. The number of hydrogen-bond donors (Lipinski definition) is 4. The third kappa shape index (κ3) is 12.4. The minimum atomic E-state index is -1.82. The number of nitrogen functional groups attached to an aromatic ring is 2. The van der Waals surface area contributed by atoms with Crippen molar-refractivity contribution in [2.75, 3.05) is 11.5 Å². The van der Waals surface area contributed by atoms with Crippen molar-refractivity contribution in [3.05, 3.63) is 125 Å². The Morgan fingerprint density at radius 1 is 0.639 bits per heavy atom. The van der Waals surface area contributed by atoms with Gasteiger partial charge in [0.2, 0.25) is 0 Å². The number of fused-ring (bicyclic) bond motifs is 2. The summed E-state index contributed by atoms with van der Waals surface area (Å²) in [5.74, 6) is 0.805. The summed E-state index contributed by atoms with van der Waals surface area (Å²) >= 11 is 2.15. The third-order valence-electron chi connectivity index (χ3n) is 12.0. The smallest absolute Gasteiger partial charge is 0.462 e. The summed E-state index contributed by atoms with van der Waals surface area (Å²) in [6.45, 7) is 2.86. The van der Waals surface area contributed by atoms with Crippen LogP contribution in [0, 0.1) is 15.3 Å². The van der Waals surface area contributed by atoms with Crippen LogP contribution in [0.5, 0.6) is 23.0 Å². The fraction of sp³-hybridized carbons (Fsp3) is 0.280. The number of hydrogen-bond acceptors (Lipinski definition) is 16. The maximum Gasteiger partial charge on any atom is 0.491 e. The van der Waals surface area contributed by atoms with E-state index in [1.165, 1.54) is 44.7 Å². The second-order valence-electron chi connectivity index (χ2n) is 17.1. The zero-order valence-electron chi connectivity index (χ0n) is 39.1. The number of aromatic nitrogens is 8. The van der Waals surface area contributed by atoms with Crippen molar-refractivity contribution in [3.8, 4) is 34.3 Å². The number of nitrogens with zero attached hydrogens (tertiary/aromatic N) is 8. The molecule has 0 aliphatic heterocycles. The SMILES string of the molecule is CC(=O)O[C@@H]1CCC[C@@H](n2nc(-c3ccc(Oc4ccccc4)cc3F)c3c(N)ncnc32)C1.CC(=O)O[C@@H]1CCC[C@@H](n2nc(I)c3c(N)ncnc32)C1.OB(O)c1ccc(Oc2ccccc2)cc1F. The van der Waals surface area contributed by atoms with E-state index in [1.807, 2.05) is 28.9 Å². The Balaban J connectivity index is 0.000000156. The summed E-state index contributed by atoms with van der Waals surface area (Å²) in [5.41, 5.74) is 13.9. The molecule has 2 fully saturated rings. The van der Waals surface area contributed by atoms with Crippen LogP contribution < -0.4 is 26.4 Å². The molecule has 10 rings (SSSR count). The maximum atomic E-state index is 15.3. The molecule has 22 heteroatoms. The first-order valence-electron chi connectivity index (χ1n) is 23.1. The maximum absolute atomic E-state index is 15.3. The number of halogens is 3. The molecule has 2 aliphatic carbocycles. The van der Waals surface area contributed by atoms with Gasteiger partial charge in [-0.2, -0.15) is 10.2 Å². The first kappa shape index (κ1) is 51.1. The molecule has 2 aliphatic rings. The molecule has 72 heavy (non-hydrogen) atoms. The van der Waals surface area contributed by atoms with Crippen LogP contribution in [0.2, 0.25) is 0 Å². The van der Waals surface area contributed by atoms with Crippen LogP contribution in [0.15, 0.2) is 110 Å². The molecular formula is C50H50BF2IN10O8. The summed E-state index contributed by atoms with van der Waals surface area (Å²) in [4.78, 5) is 39.4. The highest BCUT2D eigenvalue weighted by molar-refractivity contribution is 14.1. The molecule has 4 aromatic carbocycles. The third-order valence-corrected chi connectivity index (χ3v) is 12.7. The number of ether oxygens (including phenoxy) is 4. The van der Waals surface area contributed by atoms with Crippen molar-refractivity contribution < 1.29 is 47.4 Å². The van der Waals surface area contributed by atoms with E-state index in [1.54, 1.807) is 53.2 Å². The summed E-state index contributed by atoms with van der Waals surface area (Å²) < 4.78 is 55.1. The Morgan fingerprint density at radius 3 is 1.62 bits per heavy atom. The van der Waals surface area contributed by atoms with Gasteiger partial charge < -0.3 is 40.5 Å². The second-order valence-corrected chi connectivity index (χ2v) is 18.1. The molecule has 0 amide bonds. The van der Waals surface area contributed by atoms with Crippen LogP contribution >= 0.6 is 22.6 Å². The zero-order valence-corrected chi connectivity index (χ0v) is 41.3. The van der Waals surface area contributed by atoms with Crippen molar-refractivity contribution in [1.82, 2.24) is 39.5 Å². The van der Waals surface area contributed by atoms with Crippen LogP contribution in [0.1, 0.15) is 77.3 Å². The van der Waals surface area contributed by atoms with Gasteiger partial charge in [0.15, 0.2) is 11.3 Å². The lowest BCUT2D eigenvalue weighted by Gasteiger charge is -2.28. The van der Waals surface area contributed by atoms with E-state index in [0.29, 0.717) is 52.0 Å². The zero-order chi connectivity index (χ0) is 50.9. The monoisotopic (exact) mass is 1090 g/mol. The molecule has 8 aromatic rings. The number of nitrogens with two attached hydrogens (primary N) is 2. The van der Waals surface area contributed by atoms with E-state index in [2.05, 4.69) is 47.6 Å². The number of esters is 2. The minimum absolute atomic E-state index is 0.0441. The normalized spacial score (nSPS) is 17.4. The van der Waals surface area contributed by atoms with Crippen LogP contribution in [-0.4, -0.2) is 80.8 Å². The number of anilines is 2. The van der Waals surface area contributed by atoms with Crippen molar-refractivity contribution in [1.29, 1.82) is 0 Å². The fourth-order valence-corrected chi connectivity index (χ4v) is 9.55. The molecule has 372 valence electrons. The molecular weight excluding hydrogens is 1040 g/mol. The predicted molar refractivity (Wildman–Crippen MR) is 273 cm³/mol. The molecule has 0 radical (unpaired) electrons. The summed E-state index contributed by atoms with van der Waals surface area (Å²) in [7, 11) is -1.82. The van der Waals surface area contributed by atoms with E-state index in [-0.39, 0.29) is 53.1 Å². The Hall–Kier alpha value is -7.31. The molecule has 18 nitrogen and oxygen atoms in total. The first-order valence-corrected chi connectivity index (χ1v) is 24.2. The molecule has 2 saturated carbocycles. The van der Waals surface area contributed by atoms with Gasteiger partial charge in [-0.1, -0.05) is 42.5 Å². The van der Waals surface area contributed by atoms with Crippen LogP contribution in [0.4, 0.5) is 20.4 Å². The van der Waals surface area contributed by atoms with Gasteiger partial charge in [-0.3, -0.25) is 9.59 Å². The van der Waals surface area contributed by atoms with Crippen LogP contribution in [0.3, 0.4) is 0 Å². The number of benzene rings is 4. The summed E-state index contributed by atoms with van der Waals surface area (Å²) in [5, 5.41) is 28.3. The predicted octanol–water partition coefficient (Wildman–Crippen LogP) is 8.41. The fourth-order valence-electron chi connectivity index (χ4n) is 8.80. The lowest BCUT2D eigenvalue weighted by molar-refractivity contribution is -0.149. The first-order chi connectivity index (χ1) is 34.7. The average Bonchev–Trinajstić information content (AvgIpc) is 3.92. The molecule has 6 N–H and O–H groups in total. The molecule has 4 atom stereocenters. The molecule has 4 aromatic heterocycles. The Morgan fingerprint density at radius 2 is 1.12 bits per heavy atom. The highest BCUT2D eigenvalue weighted by Crippen LogP contribution is 2.39. The lowest BCUT2D eigenvalue weighted by atomic mass is 9.80. The number of carbonyl (C=O) groups excluding carboxylic acids is 2. The van der Waals surface area contributed by atoms with E-state index in [0.717, 1.165) is 65.7 Å². The Bertz CT molecular complexity index is 3170. The van der Waals surface area contributed by atoms with Gasteiger partial charge in [-0.25, -0.2) is 38.1 Å². The van der Waals surface area contributed by atoms with E-state index < -0.39 is 18.8 Å². The standard InChI is InChI=1S/C25H24FN5O3.C13H16IN5O2.C12H10BFO3/c1-15(32)33-18-9-5-6-16(12-18)31-25-22(24(27)28-14-29-25)23(30-31)20-11-10-19(13-21(20)26)34-17-7-3-2-4-8-17;1-7(20)21-9-4-2-3-8(5-9)19-13-10(11(14)18-19)12(15)16-6-17-13;14-12-8-10(6-7-11(12)13(15)16)17-9-4-2-1-3-5-9/h2-4,7-8,10-11,13-14,16,18H,5-6,9,12H2,1H3,(H2,27,28,29);6,8-9H,2-5H2,1H3,(H2,15,16,17);1-8,15-16H/t16-,18-;8-,9-;/m11./s1. The van der Waals surface area contributed by atoms with E-state index in [4.69, 9.17) is 45.6 Å². The quantitative estimate of drug-likeness (QED) is 0.0570. The lowest BCUT2D eigenvalue weighted by Crippen LogP contribution is -2.32. The van der Waals surface area contributed by atoms with Gasteiger partial charge in [0.25, 0.3) is 0 Å². The van der Waals surface area contributed by atoms with Crippen LogP contribution in [-0.2, 0) is 19.1 Å². The van der Waals surface area contributed by atoms with Gasteiger partial charge in [0.05, 0.1) is 22.9 Å². The second kappa shape index (κ2) is 23.3. The van der Waals surface area contributed by atoms with Crippen molar-refractivity contribution in [2.24, 2.45) is 0 Å².